The minimum atomic E-state index is -1.22. The van der Waals surface area contributed by atoms with E-state index < -0.39 is 135 Å². The molecule has 12 bridgehead atoms. The first kappa shape index (κ1) is 110. The van der Waals surface area contributed by atoms with Gasteiger partial charge in [-0.25, -0.2) is 0 Å². The molecular weight excluding hydrogens is 1590 g/mol. The molecule has 4 heterocycles. The lowest BCUT2D eigenvalue weighted by molar-refractivity contribution is -0.182. The van der Waals surface area contributed by atoms with Gasteiger partial charge in [0.1, 0.15) is 23.4 Å². The van der Waals surface area contributed by atoms with E-state index >= 15 is 0 Å². The minimum Gasteiger partial charge on any atom is -0.481 e. The molecule has 36 atom stereocenters. The van der Waals surface area contributed by atoms with Gasteiger partial charge in [0.15, 0.2) is 0 Å². The summed E-state index contributed by atoms with van der Waals surface area (Å²) in [7, 11) is 0. The summed E-state index contributed by atoms with van der Waals surface area (Å²) in [5.74, 6) is -12.1. The second-order valence-corrected chi connectivity index (χ2v) is 43.4. The van der Waals surface area contributed by atoms with Crippen LogP contribution in [0.5, 0.6) is 0 Å². The molecule has 0 aromatic heterocycles. The van der Waals surface area contributed by atoms with Crippen LogP contribution in [0, 0.1) is 200 Å². The van der Waals surface area contributed by atoms with Gasteiger partial charge in [-0.2, -0.15) is 11.8 Å². The Balaban J connectivity index is 0.000000471. The van der Waals surface area contributed by atoms with Crippen molar-refractivity contribution in [2.45, 2.75) is 341 Å². The molecule has 2 N–H and O–H groups in total. The van der Waals surface area contributed by atoms with E-state index in [9.17, 15) is 67.7 Å². The number of carboxylic acid groups (broad SMARTS) is 2. The van der Waals surface area contributed by atoms with Crippen LogP contribution in [0.4, 0.5) is 0 Å². The average Bonchev–Trinajstić information content (AvgIpc) is 1.54. The van der Waals surface area contributed by atoms with Crippen LogP contribution in [0.25, 0.3) is 0 Å². The number of carbonyl (C=O) groups excluding carboxylic acids is 10. The molecule has 17 aliphatic rings. The summed E-state index contributed by atoms with van der Waals surface area (Å²) < 4.78 is 53.0. The van der Waals surface area contributed by atoms with Crippen molar-refractivity contribution in [3.63, 3.8) is 0 Å². The Morgan fingerprint density at radius 3 is 1.13 bits per heavy atom. The predicted molar refractivity (Wildman–Crippen MR) is 476 cm³/mol. The minimum absolute atomic E-state index is 0. The molecule has 0 radical (unpaired) electrons. The standard InChI is InChI=1S/C45H62O11S.C42H58O12.12CH4/c1-19-20-12-23(26(13-20)38(46)47)31(19)32-21-14-24(27(15-21)40(49)56-44(2,3)4)34(32)35-29(39(48)55-42(35)51)17-45(5,6)43(52)54-36-28-16-25(30-18-53-41(50)33(28)30)37(36)57-22-10-8-7-9-11-22;1-16(2)51-33-22-13-25(30-27(22)15-50-38(30)47)34(33)52-40(49)42(7,8)14-26-32(39(48)53-36(26)45)31-21-11-19(12-24(21)37(46)54-41(4,5)6)29(31)28-17(3)18-9-20(28)23(10-18)35(43)44;;;;;;;;;;;;/h19-37H,7-18H2,1-6H3,(H,46,47);16-34H,9-15H2,1-8H3,(H,43,44);12*1H4. The van der Waals surface area contributed by atoms with Gasteiger partial charge in [0.25, 0.3) is 0 Å². The van der Waals surface area contributed by atoms with Crippen molar-refractivity contribution in [1.29, 1.82) is 0 Å². The van der Waals surface area contributed by atoms with E-state index in [0.717, 1.165) is 32.1 Å². The fourth-order valence-electron chi connectivity index (χ4n) is 28.7. The number of cyclic esters (lactones) is 6. The molecule has 36 unspecified atom stereocenters. The number of ether oxygens (including phenoxy) is 9. The van der Waals surface area contributed by atoms with Gasteiger partial charge in [0, 0.05) is 34.2 Å². The van der Waals surface area contributed by atoms with Crippen molar-refractivity contribution in [1.82, 2.24) is 0 Å². The molecule has 23 nitrogen and oxygen atoms in total. The van der Waals surface area contributed by atoms with E-state index in [-0.39, 0.29) is 279 Å². The zero-order valence-corrected chi connectivity index (χ0v) is 68.1. The van der Waals surface area contributed by atoms with Gasteiger partial charge in [-0.15, -0.1) is 0 Å². The quantitative estimate of drug-likeness (QED) is 0.0649. The maximum atomic E-state index is 14.5. The topological polar surface area (TPSA) is 328 Å². The SMILES string of the molecule is C.C.C.C.C.C.C.C.C.C.C.C.CC(C)OC1C2CC(C1OC(=O)C(C)(C)CC1C(=O)OC(=O)C1C1C3CC(CC3C(=O)OC(C)(C)C)C1C1C(C)C3CC(C(=O)O)C1C3)C1C(=O)OCC21.CC1C2CC(C(=O)O)C(C2)C1C1C2CC(C(=O)OC(C)(C)C)C(C2)C1C1C(=O)OC(=O)C1CC(C)(C)C(=O)OC1C2CC(C3COC(=O)C32)C1SC1CCCCC1. The van der Waals surface area contributed by atoms with Crippen molar-refractivity contribution in [3.05, 3.63) is 0 Å². The van der Waals surface area contributed by atoms with Gasteiger partial charge in [-0.1, -0.05) is 122 Å². The van der Waals surface area contributed by atoms with E-state index in [1.165, 1.54) is 19.3 Å². The molecule has 0 amide bonds. The van der Waals surface area contributed by atoms with Crippen molar-refractivity contribution in [2.75, 3.05) is 13.2 Å². The number of hydrogen-bond acceptors (Lipinski definition) is 22. The third kappa shape index (κ3) is 18.8. The summed E-state index contributed by atoms with van der Waals surface area (Å²) in [6.07, 6.45) is 11.6. The van der Waals surface area contributed by atoms with Crippen LogP contribution in [-0.4, -0.2) is 141 Å². The normalized spacial score (nSPS) is 41.5. The molecule has 4 saturated heterocycles. The third-order valence-electron chi connectivity index (χ3n) is 32.6. The molecular formula is C99H168O23S. The number of rotatable bonds is 20. The smallest absolute Gasteiger partial charge is 0.317 e. The summed E-state index contributed by atoms with van der Waals surface area (Å²) in [6.45, 7) is 27.1. The molecule has 0 aromatic rings. The molecule has 4 aliphatic heterocycles. The second kappa shape index (κ2) is 39.7. The van der Waals surface area contributed by atoms with Gasteiger partial charge in [-0.05, 0) is 279 Å². The molecule has 13 saturated carbocycles. The fourth-order valence-corrected chi connectivity index (χ4v) is 30.7. The maximum absolute atomic E-state index is 14.5. The third-order valence-corrected chi connectivity index (χ3v) is 34.4. The average molecular weight is 1760 g/mol. The summed E-state index contributed by atoms with van der Waals surface area (Å²) in [6, 6.07) is 0. The van der Waals surface area contributed by atoms with Crippen LogP contribution in [0.15, 0.2) is 0 Å². The first-order chi connectivity index (χ1) is 52.2. The molecule has 17 fully saturated rings. The molecule has 0 aromatic carbocycles. The maximum Gasteiger partial charge on any atom is 0.317 e. The summed E-state index contributed by atoms with van der Waals surface area (Å²) in [4.78, 5) is 163. The van der Waals surface area contributed by atoms with Gasteiger partial charge in [0.05, 0.1) is 95.4 Å². The highest BCUT2D eigenvalue weighted by molar-refractivity contribution is 8.00. The first-order valence-electron chi connectivity index (χ1n) is 42.7. The van der Waals surface area contributed by atoms with E-state index in [0.29, 0.717) is 63.4 Å². The Morgan fingerprint density at radius 1 is 0.390 bits per heavy atom. The number of carbonyl (C=O) groups is 12. The Labute approximate surface area is 744 Å². The predicted octanol–water partition coefficient (Wildman–Crippen LogP) is 19.4. The van der Waals surface area contributed by atoms with Crippen LogP contribution in [0.2, 0.25) is 0 Å². The van der Waals surface area contributed by atoms with Crippen LogP contribution in [0.3, 0.4) is 0 Å². The summed E-state index contributed by atoms with van der Waals surface area (Å²) in [5.41, 5.74) is -3.79. The highest BCUT2D eigenvalue weighted by Gasteiger charge is 2.73. The highest BCUT2D eigenvalue weighted by atomic mass is 32.2. The van der Waals surface area contributed by atoms with E-state index in [1.54, 1.807) is 27.7 Å². The van der Waals surface area contributed by atoms with Crippen LogP contribution < -0.4 is 0 Å². The Hall–Kier alpha value is -5.65. The number of fused-ring (bicyclic) bond motifs is 18. The largest absolute Gasteiger partial charge is 0.481 e. The Kier molecular flexibility index (Phi) is 35.4. The second-order valence-electron chi connectivity index (χ2n) is 41.9. The lowest BCUT2D eigenvalue weighted by atomic mass is 9.56. The van der Waals surface area contributed by atoms with Gasteiger partial charge in [0.2, 0.25) is 0 Å². The Bertz CT molecular complexity index is 3790. The molecule has 13 aliphatic carbocycles. The lowest BCUT2D eigenvalue weighted by Crippen LogP contribution is -2.49. The lowest BCUT2D eigenvalue weighted by Gasteiger charge is -2.46. The molecule has 0 spiro atoms. The van der Waals surface area contributed by atoms with E-state index in [1.807, 2.05) is 67.2 Å². The highest BCUT2D eigenvalue weighted by Crippen LogP contribution is 2.72. The van der Waals surface area contributed by atoms with Gasteiger partial charge < -0.3 is 52.8 Å². The molecule has 708 valence electrons. The van der Waals surface area contributed by atoms with E-state index in [4.69, 9.17) is 42.6 Å². The first-order valence-corrected chi connectivity index (χ1v) is 43.6. The van der Waals surface area contributed by atoms with Crippen LogP contribution in [0.1, 0.15) is 295 Å². The van der Waals surface area contributed by atoms with Gasteiger partial charge >= 0.3 is 71.6 Å². The summed E-state index contributed by atoms with van der Waals surface area (Å²) >= 11 is 1.95. The monoisotopic (exact) mass is 1760 g/mol. The van der Waals surface area contributed by atoms with Crippen molar-refractivity contribution >= 4 is 83.4 Å². The zero-order chi connectivity index (χ0) is 79.4. The number of aliphatic carboxylic acids is 2. The molecule has 24 heteroatoms. The van der Waals surface area contributed by atoms with Gasteiger partial charge in [-0.3, -0.25) is 57.5 Å². The Morgan fingerprint density at radius 2 is 0.748 bits per heavy atom. The number of esters is 10. The zero-order valence-electron chi connectivity index (χ0n) is 67.3. The van der Waals surface area contributed by atoms with E-state index in [2.05, 4.69) is 13.8 Å². The van der Waals surface area contributed by atoms with Crippen LogP contribution >= 0.6 is 11.8 Å². The number of carboxylic acids is 2. The number of hydrogen-bond donors (Lipinski definition) is 2. The summed E-state index contributed by atoms with van der Waals surface area (Å²) in [5, 5.41) is 21.0. The van der Waals surface area contributed by atoms with Crippen molar-refractivity contribution < 1.29 is 110 Å². The van der Waals surface area contributed by atoms with Crippen LogP contribution in [-0.2, 0) is 100 Å². The van der Waals surface area contributed by atoms with Crippen molar-refractivity contribution in [3.8, 4) is 0 Å². The fraction of sp³-hybridized carbons (Fsp3) is 0.879. The number of thioether (sulfide) groups is 1. The molecule has 17 rings (SSSR count). The molecule has 123 heavy (non-hydrogen) atoms. The van der Waals surface area contributed by atoms with Crippen molar-refractivity contribution in [2.24, 2.45) is 200 Å².